The van der Waals surface area contributed by atoms with Crippen molar-refractivity contribution in [3.05, 3.63) is 34.1 Å². The van der Waals surface area contributed by atoms with Crippen molar-refractivity contribution in [2.24, 2.45) is 0 Å². The van der Waals surface area contributed by atoms with Gasteiger partial charge in [0.15, 0.2) is 0 Å². The fourth-order valence-electron chi connectivity index (χ4n) is 1.69. The van der Waals surface area contributed by atoms with Crippen LogP contribution in [0.2, 0.25) is 0 Å². The minimum absolute atomic E-state index is 0.224. The van der Waals surface area contributed by atoms with Crippen LogP contribution >= 0.6 is 15.9 Å². The third-order valence-electron chi connectivity index (χ3n) is 2.48. The third-order valence-corrected chi connectivity index (χ3v) is 3.09. The lowest BCUT2D eigenvalue weighted by Crippen LogP contribution is -2.35. The van der Waals surface area contributed by atoms with Gasteiger partial charge >= 0.3 is 0 Å². The van der Waals surface area contributed by atoms with Gasteiger partial charge in [0, 0.05) is 12.6 Å². The van der Waals surface area contributed by atoms with Gasteiger partial charge in [-0.1, -0.05) is 13.0 Å². The standard InChI is InChI=1S/C13H19BrFNO/c1-3-16-11(9-17-4-2)7-10-5-6-13(15)12(14)8-10/h5-6,8,11,16H,3-4,7,9H2,1-2H3. The highest BCUT2D eigenvalue weighted by molar-refractivity contribution is 9.10. The van der Waals surface area contributed by atoms with Crippen LogP contribution in [0.4, 0.5) is 4.39 Å². The second-order valence-corrected chi connectivity index (χ2v) is 4.72. The summed E-state index contributed by atoms with van der Waals surface area (Å²) < 4.78 is 19.0. The Bertz CT molecular complexity index is 346. The summed E-state index contributed by atoms with van der Waals surface area (Å²) in [4.78, 5) is 0. The van der Waals surface area contributed by atoms with Crippen molar-refractivity contribution >= 4 is 15.9 Å². The topological polar surface area (TPSA) is 21.3 Å². The lowest BCUT2D eigenvalue weighted by Gasteiger charge is -2.17. The Balaban J connectivity index is 2.61. The van der Waals surface area contributed by atoms with Crippen molar-refractivity contribution < 1.29 is 9.13 Å². The predicted octanol–water partition coefficient (Wildman–Crippen LogP) is 3.15. The van der Waals surface area contributed by atoms with Crippen LogP contribution in [0.5, 0.6) is 0 Å². The van der Waals surface area contributed by atoms with Crippen LogP contribution in [-0.2, 0) is 11.2 Å². The van der Waals surface area contributed by atoms with E-state index in [1.54, 1.807) is 0 Å². The van der Waals surface area contributed by atoms with Crippen LogP contribution in [0, 0.1) is 5.82 Å². The highest BCUT2D eigenvalue weighted by Crippen LogP contribution is 2.17. The van der Waals surface area contributed by atoms with Crippen molar-refractivity contribution in [3.63, 3.8) is 0 Å². The predicted molar refractivity (Wildman–Crippen MR) is 71.8 cm³/mol. The molecule has 0 bridgehead atoms. The monoisotopic (exact) mass is 303 g/mol. The lowest BCUT2D eigenvalue weighted by atomic mass is 10.1. The molecule has 0 aromatic heterocycles. The van der Waals surface area contributed by atoms with E-state index in [-0.39, 0.29) is 11.9 Å². The van der Waals surface area contributed by atoms with Gasteiger partial charge in [0.25, 0.3) is 0 Å². The summed E-state index contributed by atoms with van der Waals surface area (Å²) in [5.74, 6) is -0.224. The molecule has 0 aliphatic carbocycles. The molecule has 1 unspecified atom stereocenters. The van der Waals surface area contributed by atoms with Crippen molar-refractivity contribution in [1.82, 2.24) is 5.32 Å². The van der Waals surface area contributed by atoms with Crippen molar-refractivity contribution in [2.75, 3.05) is 19.8 Å². The first-order chi connectivity index (χ1) is 8.17. The van der Waals surface area contributed by atoms with Gasteiger partial charge in [-0.15, -0.1) is 0 Å². The number of rotatable bonds is 7. The molecule has 1 aromatic rings. The molecule has 1 rings (SSSR count). The summed E-state index contributed by atoms with van der Waals surface area (Å²) in [6.45, 7) is 6.35. The maximum absolute atomic E-state index is 13.1. The van der Waals surface area contributed by atoms with Crippen molar-refractivity contribution in [2.45, 2.75) is 26.3 Å². The third kappa shape index (κ3) is 5.15. The number of hydrogen-bond donors (Lipinski definition) is 1. The average molecular weight is 304 g/mol. The molecule has 0 saturated carbocycles. The van der Waals surface area contributed by atoms with E-state index < -0.39 is 0 Å². The van der Waals surface area contributed by atoms with Gasteiger partial charge in [0.2, 0.25) is 0 Å². The van der Waals surface area contributed by atoms with E-state index in [1.807, 2.05) is 19.1 Å². The molecule has 2 nitrogen and oxygen atoms in total. The summed E-state index contributed by atoms with van der Waals surface area (Å²) in [6, 6.07) is 5.41. The number of ether oxygens (including phenoxy) is 1. The minimum Gasteiger partial charge on any atom is -0.380 e. The number of halogens is 2. The molecule has 0 amide bonds. The SMILES string of the molecule is CCNC(COCC)Cc1ccc(F)c(Br)c1. The zero-order chi connectivity index (χ0) is 12.7. The first-order valence-electron chi connectivity index (χ1n) is 5.92. The molecule has 0 radical (unpaired) electrons. The Labute approximate surface area is 111 Å². The van der Waals surface area contributed by atoms with Gasteiger partial charge in [0.05, 0.1) is 11.1 Å². The highest BCUT2D eigenvalue weighted by atomic mass is 79.9. The maximum atomic E-state index is 13.1. The first-order valence-corrected chi connectivity index (χ1v) is 6.71. The summed E-state index contributed by atoms with van der Waals surface area (Å²) >= 11 is 3.20. The fraction of sp³-hybridized carbons (Fsp3) is 0.538. The minimum atomic E-state index is -0.224. The van der Waals surface area contributed by atoms with Crippen molar-refractivity contribution in [3.8, 4) is 0 Å². The van der Waals surface area contributed by atoms with Gasteiger partial charge in [-0.05, 0) is 53.5 Å². The second kappa shape index (κ2) is 7.80. The zero-order valence-corrected chi connectivity index (χ0v) is 11.9. The van der Waals surface area contributed by atoms with Gasteiger partial charge in [0.1, 0.15) is 5.82 Å². The molecule has 96 valence electrons. The smallest absolute Gasteiger partial charge is 0.137 e. The van der Waals surface area contributed by atoms with Crippen LogP contribution in [0.3, 0.4) is 0 Å². The van der Waals surface area contributed by atoms with E-state index in [0.29, 0.717) is 11.1 Å². The Hall–Kier alpha value is -0.450. The van der Waals surface area contributed by atoms with Gasteiger partial charge < -0.3 is 10.1 Å². The fourth-order valence-corrected chi connectivity index (χ4v) is 2.12. The maximum Gasteiger partial charge on any atom is 0.137 e. The molecule has 1 atom stereocenters. The molecule has 0 saturated heterocycles. The van der Waals surface area contributed by atoms with E-state index in [4.69, 9.17) is 4.74 Å². The molecular formula is C13H19BrFNO. The molecule has 0 heterocycles. The quantitative estimate of drug-likeness (QED) is 0.835. The lowest BCUT2D eigenvalue weighted by molar-refractivity contribution is 0.123. The molecule has 1 N–H and O–H groups in total. The largest absolute Gasteiger partial charge is 0.380 e. The summed E-state index contributed by atoms with van der Waals surface area (Å²) in [5, 5.41) is 3.37. The molecule has 0 spiro atoms. The average Bonchev–Trinajstić information content (AvgIpc) is 2.31. The van der Waals surface area contributed by atoms with E-state index in [0.717, 1.165) is 25.1 Å². The highest BCUT2D eigenvalue weighted by Gasteiger charge is 2.09. The Morgan fingerprint density at radius 3 is 2.76 bits per heavy atom. The number of benzene rings is 1. The zero-order valence-electron chi connectivity index (χ0n) is 10.3. The molecule has 0 aliphatic heterocycles. The molecule has 4 heteroatoms. The van der Waals surface area contributed by atoms with Gasteiger partial charge in [-0.2, -0.15) is 0 Å². The van der Waals surface area contributed by atoms with Gasteiger partial charge in [-0.25, -0.2) is 4.39 Å². The van der Waals surface area contributed by atoms with Crippen LogP contribution < -0.4 is 5.32 Å². The molecule has 1 aromatic carbocycles. The molecule has 0 aliphatic rings. The van der Waals surface area contributed by atoms with Gasteiger partial charge in [-0.3, -0.25) is 0 Å². The summed E-state index contributed by atoms with van der Waals surface area (Å²) in [5.41, 5.74) is 1.10. The van der Waals surface area contributed by atoms with E-state index >= 15 is 0 Å². The Kier molecular flexibility index (Phi) is 6.70. The molecule has 17 heavy (non-hydrogen) atoms. The normalized spacial score (nSPS) is 12.7. The number of likely N-dealkylation sites (N-methyl/N-ethyl adjacent to an activating group) is 1. The molecular weight excluding hydrogens is 285 g/mol. The van der Waals surface area contributed by atoms with E-state index in [9.17, 15) is 4.39 Å². The van der Waals surface area contributed by atoms with E-state index in [2.05, 4.69) is 28.2 Å². The second-order valence-electron chi connectivity index (χ2n) is 3.87. The van der Waals surface area contributed by atoms with E-state index in [1.165, 1.54) is 6.07 Å². The molecule has 0 fully saturated rings. The van der Waals surface area contributed by atoms with Crippen LogP contribution in [0.25, 0.3) is 0 Å². The summed E-state index contributed by atoms with van der Waals surface area (Å²) in [6.07, 6.45) is 0.840. The Morgan fingerprint density at radius 2 is 2.18 bits per heavy atom. The summed E-state index contributed by atoms with van der Waals surface area (Å²) in [7, 11) is 0. The van der Waals surface area contributed by atoms with Crippen LogP contribution in [-0.4, -0.2) is 25.8 Å². The van der Waals surface area contributed by atoms with Crippen LogP contribution in [0.15, 0.2) is 22.7 Å². The van der Waals surface area contributed by atoms with Crippen molar-refractivity contribution in [1.29, 1.82) is 0 Å². The first kappa shape index (κ1) is 14.6. The Morgan fingerprint density at radius 1 is 1.41 bits per heavy atom. The number of nitrogens with one attached hydrogen (secondary N) is 1. The van der Waals surface area contributed by atoms with Crippen LogP contribution in [0.1, 0.15) is 19.4 Å². The number of hydrogen-bond acceptors (Lipinski definition) is 2.